The molecule has 4 rings (SSSR count). The van der Waals surface area contributed by atoms with Crippen molar-refractivity contribution in [2.45, 2.75) is 51.0 Å². The molecule has 1 aromatic heterocycles. The van der Waals surface area contributed by atoms with Crippen molar-refractivity contribution >= 4 is 28.5 Å². The Morgan fingerprint density at radius 3 is 2.64 bits per heavy atom. The number of hydrogen-bond donors (Lipinski definition) is 2. The molecular weight excluding hydrogens is 533 g/mol. The van der Waals surface area contributed by atoms with Gasteiger partial charge in [-0.3, -0.25) is 9.78 Å². The lowest BCUT2D eigenvalue weighted by atomic mass is 9.71. The molecule has 3 aromatic rings. The van der Waals surface area contributed by atoms with Crippen LogP contribution in [-0.4, -0.2) is 52.8 Å². The monoisotopic (exact) mass is 564 g/mol. The van der Waals surface area contributed by atoms with Crippen LogP contribution in [0.5, 0.6) is 5.75 Å². The summed E-state index contributed by atoms with van der Waals surface area (Å²) in [6, 6.07) is 6.91. The second kappa shape index (κ2) is 12.5. The highest BCUT2D eigenvalue weighted by molar-refractivity contribution is 6.32. The van der Waals surface area contributed by atoms with Gasteiger partial charge in [-0.1, -0.05) is 11.6 Å². The second-order valence-electron chi connectivity index (χ2n) is 10.3. The molecule has 0 aliphatic carbocycles. The predicted octanol–water partition coefficient (Wildman–Crippen LogP) is 6.32. The van der Waals surface area contributed by atoms with Crippen molar-refractivity contribution in [3.05, 3.63) is 70.1 Å². The summed E-state index contributed by atoms with van der Waals surface area (Å²) in [5.74, 6) is -3.29. The minimum atomic E-state index is -1.19. The Bertz CT molecular complexity index is 1330. The molecule has 2 aromatic carbocycles. The van der Waals surface area contributed by atoms with E-state index in [1.807, 2.05) is 0 Å². The van der Waals surface area contributed by atoms with Gasteiger partial charge in [-0.15, -0.1) is 0 Å². The fraction of sp³-hybridized carbons (Fsp3) is 0.448. The molecule has 1 aliphatic heterocycles. The van der Waals surface area contributed by atoms with Crippen LogP contribution in [0.15, 0.2) is 36.5 Å². The molecule has 1 atom stereocenters. The number of aliphatic hydroxyl groups is 1. The summed E-state index contributed by atoms with van der Waals surface area (Å²) >= 11 is 6.44. The Labute approximate surface area is 230 Å². The summed E-state index contributed by atoms with van der Waals surface area (Å²) in [5.41, 5.74) is 0.737. The molecule has 1 saturated heterocycles. The number of ether oxygens (including phenoxy) is 1. The summed E-state index contributed by atoms with van der Waals surface area (Å²) in [4.78, 5) is 18.3. The van der Waals surface area contributed by atoms with Gasteiger partial charge in [0.15, 0.2) is 11.6 Å². The van der Waals surface area contributed by atoms with Gasteiger partial charge in [0.1, 0.15) is 11.6 Å². The molecule has 1 aliphatic rings. The largest absolute Gasteiger partial charge is 0.497 e. The number of aliphatic carboxylic acids is 1. The Morgan fingerprint density at radius 2 is 1.95 bits per heavy atom. The van der Waals surface area contributed by atoms with E-state index in [4.69, 9.17) is 16.3 Å². The van der Waals surface area contributed by atoms with Gasteiger partial charge in [0.25, 0.3) is 0 Å². The molecule has 6 nitrogen and oxygen atoms in total. The quantitative estimate of drug-likeness (QED) is 0.265. The van der Waals surface area contributed by atoms with Gasteiger partial charge in [0, 0.05) is 23.2 Å². The molecule has 0 saturated carbocycles. The summed E-state index contributed by atoms with van der Waals surface area (Å²) in [6.45, 7) is 1.88. The Balaban J connectivity index is 1.39. The van der Waals surface area contributed by atoms with Crippen molar-refractivity contribution in [3.8, 4) is 5.75 Å². The zero-order valence-electron chi connectivity index (χ0n) is 21.7. The average Bonchev–Trinajstić information content (AvgIpc) is 2.90. The first-order chi connectivity index (χ1) is 18.6. The van der Waals surface area contributed by atoms with E-state index in [2.05, 4.69) is 9.88 Å². The number of nitrogens with zero attached hydrogens (tertiary/aromatic N) is 2. The lowest BCUT2D eigenvalue weighted by molar-refractivity contribution is -0.141. The molecule has 0 amide bonds. The van der Waals surface area contributed by atoms with E-state index >= 15 is 0 Å². The molecule has 2 heterocycles. The maximum Gasteiger partial charge on any atom is 0.303 e. The maximum atomic E-state index is 13.9. The van der Waals surface area contributed by atoms with Crippen molar-refractivity contribution in [2.24, 2.45) is 5.41 Å². The molecule has 0 unspecified atom stereocenters. The number of hydrogen-bond acceptors (Lipinski definition) is 5. The lowest BCUT2D eigenvalue weighted by Gasteiger charge is -2.41. The molecule has 0 radical (unpaired) electrons. The van der Waals surface area contributed by atoms with Crippen LogP contribution in [-0.2, 0) is 11.2 Å². The number of halogens is 4. The zero-order valence-corrected chi connectivity index (χ0v) is 22.5. The fourth-order valence-corrected chi connectivity index (χ4v) is 5.87. The van der Waals surface area contributed by atoms with Crippen molar-refractivity contribution < 1.29 is 32.9 Å². The van der Waals surface area contributed by atoms with E-state index < -0.39 is 34.9 Å². The maximum absolute atomic E-state index is 13.9. The highest BCUT2D eigenvalue weighted by Crippen LogP contribution is 2.43. The summed E-state index contributed by atoms with van der Waals surface area (Å²) < 4.78 is 46.2. The lowest BCUT2D eigenvalue weighted by Crippen LogP contribution is -2.41. The van der Waals surface area contributed by atoms with E-state index in [0.717, 1.165) is 6.07 Å². The van der Waals surface area contributed by atoms with Crippen LogP contribution in [0.25, 0.3) is 10.9 Å². The van der Waals surface area contributed by atoms with E-state index in [9.17, 15) is 28.2 Å². The van der Waals surface area contributed by atoms with Crippen LogP contribution >= 0.6 is 11.6 Å². The fourth-order valence-electron chi connectivity index (χ4n) is 5.59. The molecular formula is C29H32ClF3N2O4. The highest BCUT2D eigenvalue weighted by atomic mass is 35.5. The Morgan fingerprint density at radius 1 is 1.21 bits per heavy atom. The Kier molecular flexibility index (Phi) is 9.35. The number of aliphatic hydroxyl groups excluding tert-OH is 1. The van der Waals surface area contributed by atoms with Gasteiger partial charge >= 0.3 is 5.97 Å². The van der Waals surface area contributed by atoms with Crippen LogP contribution < -0.4 is 4.74 Å². The summed E-state index contributed by atoms with van der Waals surface area (Å²) in [5, 5.41) is 21.8. The molecule has 39 heavy (non-hydrogen) atoms. The van der Waals surface area contributed by atoms with Gasteiger partial charge in [0.2, 0.25) is 0 Å². The van der Waals surface area contributed by atoms with Gasteiger partial charge in [-0.25, -0.2) is 13.2 Å². The predicted molar refractivity (Wildman–Crippen MR) is 142 cm³/mol. The number of carbonyl (C=O) groups is 1. The number of piperidine rings is 1. The first-order valence-electron chi connectivity index (χ1n) is 13.0. The number of benzene rings is 2. The van der Waals surface area contributed by atoms with Gasteiger partial charge in [-0.2, -0.15) is 0 Å². The number of carboxylic acid groups (broad SMARTS) is 1. The van der Waals surface area contributed by atoms with Crippen LogP contribution in [0.4, 0.5) is 13.2 Å². The third kappa shape index (κ3) is 7.01. The smallest absolute Gasteiger partial charge is 0.303 e. The number of carboxylic acids is 1. The first kappa shape index (κ1) is 29.1. The summed E-state index contributed by atoms with van der Waals surface area (Å²) in [7, 11) is 1.55. The average molecular weight is 565 g/mol. The third-order valence-electron chi connectivity index (χ3n) is 7.78. The highest BCUT2D eigenvalue weighted by Gasteiger charge is 2.37. The van der Waals surface area contributed by atoms with E-state index in [1.165, 1.54) is 6.20 Å². The minimum Gasteiger partial charge on any atom is -0.497 e. The number of fused-ring (bicyclic) bond motifs is 1. The second-order valence-corrected chi connectivity index (χ2v) is 10.7. The molecule has 2 N–H and O–H groups in total. The molecule has 0 spiro atoms. The van der Waals surface area contributed by atoms with Crippen molar-refractivity contribution in [2.75, 3.05) is 26.7 Å². The summed E-state index contributed by atoms with van der Waals surface area (Å²) in [6.07, 6.45) is 3.35. The first-order valence-corrected chi connectivity index (χ1v) is 13.4. The Hall–Kier alpha value is -2.88. The number of likely N-dealkylation sites (tertiary alicyclic amines) is 1. The molecule has 0 bridgehead atoms. The van der Waals surface area contributed by atoms with E-state index in [1.54, 1.807) is 25.3 Å². The van der Waals surface area contributed by atoms with Crippen LogP contribution in [0.3, 0.4) is 0 Å². The van der Waals surface area contributed by atoms with E-state index in [0.29, 0.717) is 85.0 Å². The van der Waals surface area contributed by atoms with Gasteiger partial charge < -0.3 is 19.8 Å². The number of methoxy groups -OCH3 is 1. The van der Waals surface area contributed by atoms with Crippen molar-refractivity contribution in [3.63, 3.8) is 0 Å². The molecule has 10 heteroatoms. The number of rotatable bonds is 11. The zero-order chi connectivity index (χ0) is 28.2. The standard InChI is InChI=1S/C29H32ClF3N2O4/c1-39-20-4-5-24-21(15-20)27(22(30)17-34-24)25(36)6-7-29(16-26(37)38)8-11-35(12-9-29)10-2-3-18-13-19(31)14-23(32)28(18)33/h4-5,13-15,17,25,36H,2-3,6-12,16H2,1H3,(H,37,38)/t25-/m1/s1. The molecule has 210 valence electrons. The number of pyridine rings is 1. The normalized spacial score (nSPS) is 16.4. The van der Waals surface area contributed by atoms with Crippen LogP contribution in [0.2, 0.25) is 5.02 Å². The van der Waals surface area contributed by atoms with Gasteiger partial charge in [0.05, 0.1) is 30.2 Å². The number of aromatic nitrogens is 1. The van der Waals surface area contributed by atoms with E-state index in [-0.39, 0.29) is 18.4 Å². The van der Waals surface area contributed by atoms with Gasteiger partial charge in [-0.05, 0) is 93.4 Å². The third-order valence-corrected chi connectivity index (χ3v) is 8.08. The van der Waals surface area contributed by atoms with Crippen LogP contribution in [0, 0.1) is 22.9 Å². The number of aryl methyl sites for hydroxylation is 1. The van der Waals surface area contributed by atoms with Crippen molar-refractivity contribution in [1.29, 1.82) is 0 Å². The molecule has 1 fully saturated rings. The van der Waals surface area contributed by atoms with Crippen molar-refractivity contribution in [1.82, 2.24) is 9.88 Å². The SMILES string of the molecule is COc1ccc2ncc(Cl)c([C@H](O)CCC3(CC(=O)O)CCN(CCCc4cc(F)cc(F)c4F)CC3)c2c1. The topological polar surface area (TPSA) is 82.9 Å². The minimum absolute atomic E-state index is 0.0126. The van der Waals surface area contributed by atoms with Crippen LogP contribution in [0.1, 0.15) is 55.8 Å².